The Labute approximate surface area is 92.7 Å². The van der Waals surface area contributed by atoms with E-state index in [4.69, 9.17) is 0 Å². The molecule has 0 spiro atoms. The van der Waals surface area contributed by atoms with Crippen molar-refractivity contribution in [1.82, 2.24) is 0 Å². The summed E-state index contributed by atoms with van der Waals surface area (Å²) in [5, 5.41) is 0. The fourth-order valence-electron chi connectivity index (χ4n) is 0.977. The summed E-state index contributed by atoms with van der Waals surface area (Å²) in [6, 6.07) is 0. The predicted molar refractivity (Wildman–Crippen MR) is 58.5 cm³/mol. The van der Waals surface area contributed by atoms with Crippen molar-refractivity contribution < 1.29 is 4.39 Å². The molecule has 68 valence electrons. The van der Waals surface area contributed by atoms with Gasteiger partial charge in [0.25, 0.3) is 0 Å². The summed E-state index contributed by atoms with van der Waals surface area (Å²) in [7, 11) is 0. The number of halogens is 4. The Balaban J connectivity index is 4.16. The van der Waals surface area contributed by atoms with Crippen LogP contribution in [0.5, 0.6) is 0 Å². The largest absolute Gasteiger partial charge is 0.222 e. The van der Waals surface area contributed by atoms with Gasteiger partial charge in [0.2, 0.25) is 3.49 Å². The van der Waals surface area contributed by atoms with E-state index in [2.05, 4.69) is 47.8 Å². The maximum absolute atomic E-state index is 13.3. The van der Waals surface area contributed by atoms with Gasteiger partial charge in [-0.05, 0) is 44.7 Å². The maximum atomic E-state index is 13.3. The smallest absolute Gasteiger partial charge is 0.218 e. The van der Waals surface area contributed by atoms with Crippen LogP contribution < -0.4 is 0 Å². The third kappa shape index (κ3) is 4.23. The van der Waals surface area contributed by atoms with Gasteiger partial charge in [0.05, 0.1) is 0 Å². The van der Waals surface area contributed by atoms with Crippen LogP contribution in [0.15, 0.2) is 0 Å². The van der Waals surface area contributed by atoms with Crippen LogP contribution in [0, 0.1) is 5.92 Å². The fraction of sp³-hybridized carbons (Fsp3) is 1.00. The van der Waals surface area contributed by atoms with E-state index < -0.39 is 3.49 Å². The van der Waals surface area contributed by atoms with Gasteiger partial charge in [-0.1, -0.05) is 29.8 Å². The van der Waals surface area contributed by atoms with Crippen molar-refractivity contribution in [2.75, 3.05) is 0 Å². The lowest BCUT2D eigenvalue weighted by molar-refractivity contribution is 0.289. The fourth-order valence-corrected chi connectivity index (χ4v) is 3.71. The Kier molecular flexibility index (Phi) is 5.82. The summed E-state index contributed by atoms with van der Waals surface area (Å²) in [4.78, 5) is 0.219. The van der Waals surface area contributed by atoms with Crippen molar-refractivity contribution in [2.24, 2.45) is 5.92 Å². The van der Waals surface area contributed by atoms with Crippen molar-refractivity contribution in [2.45, 2.75) is 35.0 Å². The van der Waals surface area contributed by atoms with Gasteiger partial charge in [-0.25, -0.2) is 4.39 Å². The van der Waals surface area contributed by atoms with Gasteiger partial charge >= 0.3 is 0 Å². The van der Waals surface area contributed by atoms with Gasteiger partial charge in [0.15, 0.2) is 0 Å². The van der Waals surface area contributed by atoms with Crippen molar-refractivity contribution in [3.05, 3.63) is 0 Å². The van der Waals surface area contributed by atoms with Gasteiger partial charge in [0, 0.05) is 10.7 Å². The molecular formula is C7H12Br3F. The second-order valence-electron chi connectivity index (χ2n) is 2.48. The number of rotatable bonds is 4. The molecule has 0 fully saturated rings. The molecule has 0 nitrogen and oxygen atoms in total. The van der Waals surface area contributed by atoms with Crippen molar-refractivity contribution in [3.63, 3.8) is 0 Å². The molecule has 0 aliphatic carbocycles. The van der Waals surface area contributed by atoms with E-state index in [0.717, 1.165) is 12.8 Å². The molecule has 0 saturated heterocycles. The summed E-state index contributed by atoms with van der Waals surface area (Å²) in [6.45, 7) is 4.01. The van der Waals surface area contributed by atoms with Crippen molar-refractivity contribution >= 4 is 47.8 Å². The molecule has 0 amide bonds. The summed E-state index contributed by atoms with van der Waals surface area (Å²) in [5.41, 5.74) is 0. The average Bonchev–Trinajstić information content (AvgIpc) is 1.86. The van der Waals surface area contributed by atoms with Crippen LogP contribution in [-0.2, 0) is 0 Å². The Bertz CT molecular complexity index is 111. The van der Waals surface area contributed by atoms with E-state index in [1.807, 2.05) is 13.8 Å². The first kappa shape index (κ1) is 12.4. The highest BCUT2D eigenvalue weighted by Gasteiger charge is 2.35. The molecule has 11 heavy (non-hydrogen) atoms. The molecule has 0 bridgehead atoms. The Morgan fingerprint density at radius 1 is 1.27 bits per heavy atom. The monoisotopic (exact) mass is 352 g/mol. The Hall–Kier alpha value is 1.37. The molecule has 0 aromatic carbocycles. The molecule has 0 aliphatic rings. The molecule has 0 radical (unpaired) electrons. The second kappa shape index (κ2) is 5.18. The van der Waals surface area contributed by atoms with Crippen LogP contribution in [0.2, 0.25) is 0 Å². The summed E-state index contributed by atoms with van der Waals surface area (Å²) in [6.07, 6.45) is 1.73. The van der Waals surface area contributed by atoms with Crippen LogP contribution in [0.3, 0.4) is 0 Å². The van der Waals surface area contributed by atoms with Gasteiger partial charge in [-0.15, -0.1) is 0 Å². The lowest BCUT2D eigenvalue weighted by Gasteiger charge is -2.26. The predicted octanol–water partition coefficient (Wildman–Crippen LogP) is 4.60. The quantitative estimate of drug-likeness (QED) is 0.647. The molecule has 2 atom stereocenters. The maximum Gasteiger partial charge on any atom is 0.222 e. The number of alkyl halides is 4. The molecule has 0 aliphatic heterocycles. The minimum atomic E-state index is -1.43. The van der Waals surface area contributed by atoms with E-state index in [9.17, 15) is 4.39 Å². The molecule has 0 aromatic heterocycles. The van der Waals surface area contributed by atoms with E-state index >= 15 is 0 Å². The minimum absolute atomic E-state index is 0.0347. The standard InChI is InChI=1S/C7H12Br3F/c1-3-5(6(8)4-2)7(9,10)11/h5-6H,3-4H2,1-2H3/t5-,6+/m1/s1. The first-order valence-corrected chi connectivity index (χ1v) is 6.14. The van der Waals surface area contributed by atoms with Crippen LogP contribution >= 0.6 is 47.8 Å². The molecule has 0 heterocycles. The number of hydrogen-bond acceptors (Lipinski definition) is 0. The molecule has 0 aromatic rings. The highest BCUT2D eigenvalue weighted by molar-refractivity contribution is 9.25. The molecular weight excluding hydrogens is 343 g/mol. The Morgan fingerprint density at radius 3 is 1.82 bits per heavy atom. The first-order chi connectivity index (χ1) is 4.93. The van der Waals surface area contributed by atoms with E-state index in [0.29, 0.717) is 0 Å². The zero-order valence-corrected chi connectivity index (χ0v) is 11.3. The summed E-state index contributed by atoms with van der Waals surface area (Å²) >= 11 is 9.37. The zero-order chi connectivity index (χ0) is 9.07. The second-order valence-corrected chi connectivity index (χ2v) is 7.03. The highest BCUT2D eigenvalue weighted by Crippen LogP contribution is 2.42. The van der Waals surface area contributed by atoms with Gasteiger partial charge in [-0.3, -0.25) is 0 Å². The molecule has 0 rings (SSSR count). The third-order valence-electron chi connectivity index (χ3n) is 1.69. The third-order valence-corrected chi connectivity index (χ3v) is 4.15. The molecule has 0 saturated carbocycles. The normalized spacial score (nSPS) is 18.0. The van der Waals surface area contributed by atoms with E-state index in [1.165, 1.54) is 0 Å². The van der Waals surface area contributed by atoms with Crippen LogP contribution in [-0.4, -0.2) is 8.31 Å². The SMILES string of the molecule is CC[C@H]([C@@H](Br)CC)C(F)(Br)Br. The highest BCUT2D eigenvalue weighted by atomic mass is 79.9. The van der Waals surface area contributed by atoms with Gasteiger partial charge in [-0.2, -0.15) is 0 Å². The Morgan fingerprint density at radius 2 is 1.73 bits per heavy atom. The summed E-state index contributed by atoms with van der Waals surface area (Å²) in [5.74, 6) is -0.0347. The number of hydrogen-bond donors (Lipinski definition) is 0. The summed E-state index contributed by atoms with van der Waals surface area (Å²) < 4.78 is 11.9. The minimum Gasteiger partial charge on any atom is -0.218 e. The van der Waals surface area contributed by atoms with Crippen molar-refractivity contribution in [1.29, 1.82) is 0 Å². The topological polar surface area (TPSA) is 0 Å². The van der Waals surface area contributed by atoms with Crippen LogP contribution in [0.1, 0.15) is 26.7 Å². The lowest BCUT2D eigenvalue weighted by atomic mass is 10.0. The molecule has 0 N–H and O–H groups in total. The van der Waals surface area contributed by atoms with Crippen LogP contribution in [0.25, 0.3) is 0 Å². The van der Waals surface area contributed by atoms with Crippen LogP contribution in [0.4, 0.5) is 4.39 Å². The molecule has 0 unspecified atom stereocenters. The van der Waals surface area contributed by atoms with E-state index in [-0.39, 0.29) is 10.7 Å². The lowest BCUT2D eigenvalue weighted by Crippen LogP contribution is -2.26. The molecule has 4 heteroatoms. The van der Waals surface area contributed by atoms with Crippen molar-refractivity contribution in [3.8, 4) is 0 Å². The average molecular weight is 355 g/mol. The first-order valence-electron chi connectivity index (χ1n) is 3.64. The van der Waals surface area contributed by atoms with Gasteiger partial charge < -0.3 is 0 Å². The van der Waals surface area contributed by atoms with E-state index in [1.54, 1.807) is 0 Å². The van der Waals surface area contributed by atoms with Gasteiger partial charge in [0.1, 0.15) is 0 Å². The zero-order valence-electron chi connectivity index (χ0n) is 6.58.